The van der Waals surface area contributed by atoms with Gasteiger partial charge < -0.3 is 23.8 Å². The van der Waals surface area contributed by atoms with Gasteiger partial charge in [-0.3, -0.25) is 0 Å². The Balaban J connectivity index is 0.000000215. The molecule has 5 nitrogen and oxygen atoms in total. The van der Waals surface area contributed by atoms with Gasteiger partial charge in [-0.05, 0) is 50.9 Å². The molecule has 2 aliphatic heterocycles. The molecule has 1 saturated carbocycles. The predicted molar refractivity (Wildman–Crippen MR) is 118 cm³/mol. The number of para-hydroxylation sites is 2. The molecule has 0 amide bonds. The fraction of sp³-hybridized carbons (Fsp3) is 0.750. The third kappa shape index (κ3) is 6.09. The zero-order valence-corrected chi connectivity index (χ0v) is 19.3. The fourth-order valence-corrected chi connectivity index (χ4v) is 4.68. The van der Waals surface area contributed by atoms with Crippen molar-refractivity contribution in [3.8, 4) is 11.5 Å². The summed E-state index contributed by atoms with van der Waals surface area (Å²) in [7, 11) is 5.50. The Morgan fingerprint density at radius 1 is 1.10 bits per heavy atom. The molecule has 0 radical (unpaired) electrons. The van der Waals surface area contributed by atoms with E-state index in [-0.39, 0.29) is 5.79 Å². The normalized spacial score (nSPS) is 30.6. The SMILES string of the molecule is CC.CCCC1COC2(CCC3CCN(C)[C@H]3C2)O1.COc1ccccc1OC. The largest absolute Gasteiger partial charge is 0.493 e. The number of hydrogen-bond donors (Lipinski definition) is 0. The molecule has 4 atom stereocenters. The lowest BCUT2D eigenvalue weighted by Crippen LogP contribution is -2.45. The van der Waals surface area contributed by atoms with Crippen LogP contribution in [0.2, 0.25) is 0 Å². The van der Waals surface area contributed by atoms with Crippen LogP contribution in [0.25, 0.3) is 0 Å². The number of nitrogens with zero attached hydrogens (tertiary/aromatic N) is 1. The van der Waals surface area contributed by atoms with Gasteiger partial charge in [-0.15, -0.1) is 0 Å². The number of ether oxygens (including phenoxy) is 4. The number of benzene rings is 1. The molecule has 1 aromatic rings. The second-order valence-corrected chi connectivity index (χ2v) is 7.94. The molecule has 4 rings (SSSR count). The minimum atomic E-state index is -0.223. The highest BCUT2D eigenvalue weighted by atomic mass is 16.7. The molecule has 0 bridgehead atoms. The van der Waals surface area contributed by atoms with E-state index < -0.39 is 0 Å². The molecule has 2 saturated heterocycles. The van der Waals surface area contributed by atoms with Crippen LogP contribution in [0.3, 0.4) is 0 Å². The maximum atomic E-state index is 6.24. The maximum Gasteiger partial charge on any atom is 0.170 e. The van der Waals surface area contributed by atoms with E-state index in [1.807, 2.05) is 38.1 Å². The molecule has 3 aliphatic rings. The Morgan fingerprint density at radius 3 is 2.34 bits per heavy atom. The van der Waals surface area contributed by atoms with E-state index in [1.165, 1.54) is 25.8 Å². The average Bonchev–Trinajstić information content (AvgIpc) is 3.33. The molecule has 166 valence electrons. The fourth-order valence-electron chi connectivity index (χ4n) is 4.68. The highest BCUT2D eigenvalue weighted by molar-refractivity contribution is 5.39. The van der Waals surface area contributed by atoms with Gasteiger partial charge in [0.2, 0.25) is 0 Å². The van der Waals surface area contributed by atoms with Crippen molar-refractivity contribution in [1.82, 2.24) is 4.90 Å². The lowest BCUT2D eigenvalue weighted by molar-refractivity contribution is -0.201. The topological polar surface area (TPSA) is 40.2 Å². The first-order valence-corrected chi connectivity index (χ1v) is 11.3. The number of likely N-dealkylation sites (tertiary alicyclic amines) is 1. The Morgan fingerprint density at radius 2 is 1.76 bits per heavy atom. The van der Waals surface area contributed by atoms with Crippen molar-refractivity contribution in [3.63, 3.8) is 0 Å². The molecule has 29 heavy (non-hydrogen) atoms. The first-order valence-electron chi connectivity index (χ1n) is 11.3. The third-order valence-electron chi connectivity index (χ3n) is 6.19. The average molecular weight is 408 g/mol. The molecule has 2 heterocycles. The summed E-state index contributed by atoms with van der Waals surface area (Å²) in [5.41, 5.74) is 0. The summed E-state index contributed by atoms with van der Waals surface area (Å²) in [6.07, 6.45) is 7.55. The molecule has 3 unspecified atom stereocenters. The summed E-state index contributed by atoms with van der Waals surface area (Å²) in [5, 5.41) is 0. The summed E-state index contributed by atoms with van der Waals surface area (Å²) < 4.78 is 22.3. The third-order valence-corrected chi connectivity index (χ3v) is 6.19. The smallest absolute Gasteiger partial charge is 0.170 e. The summed E-state index contributed by atoms with van der Waals surface area (Å²) in [6, 6.07) is 8.23. The second-order valence-electron chi connectivity index (χ2n) is 7.94. The minimum Gasteiger partial charge on any atom is -0.493 e. The molecular formula is C24H41NO4. The van der Waals surface area contributed by atoms with E-state index in [0.29, 0.717) is 12.1 Å². The molecule has 0 aromatic heterocycles. The van der Waals surface area contributed by atoms with Crippen molar-refractivity contribution in [1.29, 1.82) is 0 Å². The zero-order valence-electron chi connectivity index (χ0n) is 19.3. The first kappa shape index (κ1) is 24.0. The minimum absolute atomic E-state index is 0.223. The van der Waals surface area contributed by atoms with Gasteiger partial charge in [0.25, 0.3) is 0 Å². The van der Waals surface area contributed by atoms with Crippen molar-refractivity contribution in [2.24, 2.45) is 5.92 Å². The lowest BCUT2D eigenvalue weighted by atomic mass is 9.81. The molecule has 3 fully saturated rings. The highest BCUT2D eigenvalue weighted by Gasteiger charge is 2.50. The number of methoxy groups -OCH3 is 2. The molecular weight excluding hydrogens is 366 g/mol. The molecule has 1 aromatic carbocycles. The number of rotatable bonds is 4. The van der Waals surface area contributed by atoms with Gasteiger partial charge in [0.1, 0.15) is 0 Å². The standard InChI is InChI=1S/C14H25NO2.C8H10O2.C2H6/c1-3-4-12-10-16-14(17-12)7-5-11-6-8-15(2)13(11)9-14;1-9-7-5-3-4-6-8(7)10-2;1-2/h11-13H,3-10H2,1-2H3;3-6H,1-2H3;1-2H3/t11?,12?,13-,14?;;/m0../s1. The van der Waals surface area contributed by atoms with Gasteiger partial charge in [0, 0.05) is 18.9 Å². The van der Waals surface area contributed by atoms with Crippen LogP contribution in [0.1, 0.15) is 59.3 Å². The van der Waals surface area contributed by atoms with Gasteiger partial charge in [-0.1, -0.05) is 39.3 Å². The predicted octanol–water partition coefficient (Wildman–Crippen LogP) is 5.13. The van der Waals surface area contributed by atoms with Crippen molar-refractivity contribution < 1.29 is 18.9 Å². The summed E-state index contributed by atoms with van der Waals surface area (Å²) in [4.78, 5) is 2.51. The van der Waals surface area contributed by atoms with Gasteiger partial charge in [0.05, 0.1) is 26.9 Å². The summed E-state index contributed by atoms with van der Waals surface area (Å²) in [6.45, 7) is 8.29. The van der Waals surface area contributed by atoms with Crippen LogP contribution < -0.4 is 9.47 Å². The van der Waals surface area contributed by atoms with Crippen molar-refractivity contribution in [2.45, 2.75) is 77.2 Å². The van der Waals surface area contributed by atoms with E-state index in [4.69, 9.17) is 18.9 Å². The summed E-state index contributed by atoms with van der Waals surface area (Å²) in [5.74, 6) is 2.21. The van der Waals surface area contributed by atoms with Crippen LogP contribution in [-0.2, 0) is 9.47 Å². The molecule has 5 heteroatoms. The van der Waals surface area contributed by atoms with Crippen LogP contribution in [-0.4, -0.2) is 57.3 Å². The Bertz CT molecular complexity index is 573. The molecule has 1 aliphatic carbocycles. The van der Waals surface area contributed by atoms with Crippen LogP contribution in [0.5, 0.6) is 11.5 Å². The van der Waals surface area contributed by atoms with E-state index in [9.17, 15) is 0 Å². The van der Waals surface area contributed by atoms with Crippen LogP contribution >= 0.6 is 0 Å². The van der Waals surface area contributed by atoms with Gasteiger partial charge in [-0.25, -0.2) is 0 Å². The van der Waals surface area contributed by atoms with Crippen molar-refractivity contribution >= 4 is 0 Å². The Kier molecular flexibility index (Phi) is 9.73. The monoisotopic (exact) mass is 407 g/mol. The van der Waals surface area contributed by atoms with E-state index in [0.717, 1.165) is 43.3 Å². The van der Waals surface area contributed by atoms with E-state index in [1.54, 1.807) is 14.2 Å². The number of hydrogen-bond acceptors (Lipinski definition) is 5. The molecule has 0 N–H and O–H groups in total. The highest BCUT2D eigenvalue weighted by Crippen LogP contribution is 2.45. The van der Waals surface area contributed by atoms with E-state index in [2.05, 4.69) is 18.9 Å². The number of fused-ring (bicyclic) bond motifs is 1. The molecule has 1 spiro atoms. The van der Waals surface area contributed by atoms with Crippen molar-refractivity contribution in [3.05, 3.63) is 24.3 Å². The van der Waals surface area contributed by atoms with Crippen LogP contribution in [0, 0.1) is 5.92 Å². The van der Waals surface area contributed by atoms with Crippen LogP contribution in [0.4, 0.5) is 0 Å². The van der Waals surface area contributed by atoms with Crippen molar-refractivity contribution in [2.75, 3.05) is 34.4 Å². The van der Waals surface area contributed by atoms with Gasteiger partial charge >= 0.3 is 0 Å². The first-order chi connectivity index (χ1) is 14.1. The van der Waals surface area contributed by atoms with Gasteiger partial charge in [-0.2, -0.15) is 0 Å². The quantitative estimate of drug-likeness (QED) is 0.692. The second kappa shape index (κ2) is 11.8. The summed E-state index contributed by atoms with van der Waals surface area (Å²) >= 11 is 0. The Hall–Kier alpha value is -1.30. The lowest BCUT2D eigenvalue weighted by Gasteiger charge is -2.40. The Labute approximate surface area is 177 Å². The zero-order chi connectivity index (χ0) is 21.3. The van der Waals surface area contributed by atoms with E-state index >= 15 is 0 Å². The maximum absolute atomic E-state index is 6.24. The van der Waals surface area contributed by atoms with Crippen LogP contribution in [0.15, 0.2) is 24.3 Å². The van der Waals surface area contributed by atoms with Gasteiger partial charge in [0.15, 0.2) is 17.3 Å².